The summed E-state index contributed by atoms with van der Waals surface area (Å²) in [6.45, 7) is 10.7. The maximum absolute atomic E-state index is 13.7. The van der Waals surface area contributed by atoms with Crippen molar-refractivity contribution in [1.29, 1.82) is 5.26 Å². The Morgan fingerprint density at radius 2 is 1.38 bits per heavy atom. The first-order valence-corrected chi connectivity index (χ1v) is 22.3. The van der Waals surface area contributed by atoms with Crippen LogP contribution in [0.4, 0.5) is 0 Å². The predicted octanol–water partition coefficient (Wildman–Crippen LogP) is 9.00. The van der Waals surface area contributed by atoms with E-state index in [1.165, 1.54) is 0 Å². The number of carbonyl (C=O) groups excluding carboxylic acids is 2. The highest BCUT2D eigenvalue weighted by Crippen LogP contribution is 2.49. The van der Waals surface area contributed by atoms with Gasteiger partial charge in [-0.05, 0) is 94.3 Å². The Morgan fingerprint density at radius 3 is 1.93 bits per heavy atom. The van der Waals surface area contributed by atoms with Crippen LogP contribution in [0, 0.1) is 29.1 Å². The quantitative estimate of drug-likeness (QED) is 0.0347. The van der Waals surface area contributed by atoms with Gasteiger partial charge in [0.05, 0.1) is 51.9 Å². The largest absolute Gasteiger partial charge is 0.497 e. The molecule has 2 amide bonds. The lowest BCUT2D eigenvalue weighted by atomic mass is 9.78. The van der Waals surface area contributed by atoms with Crippen molar-refractivity contribution in [3.63, 3.8) is 0 Å². The van der Waals surface area contributed by atoms with Crippen LogP contribution < -0.4 is 14.8 Å². The molecule has 0 spiro atoms. The number of nitriles is 1. The van der Waals surface area contributed by atoms with E-state index in [0.717, 1.165) is 60.3 Å². The van der Waals surface area contributed by atoms with Crippen molar-refractivity contribution in [2.75, 3.05) is 53.7 Å². The molecule has 0 aromatic heterocycles. The van der Waals surface area contributed by atoms with Crippen LogP contribution in [-0.4, -0.2) is 87.1 Å². The zero-order valence-electron chi connectivity index (χ0n) is 36.5. The summed E-state index contributed by atoms with van der Waals surface area (Å²) in [4.78, 5) is 27.7. The van der Waals surface area contributed by atoms with Crippen molar-refractivity contribution in [3.05, 3.63) is 95.6 Å². The average Bonchev–Trinajstić information content (AvgIpc) is 3.24. The summed E-state index contributed by atoms with van der Waals surface area (Å²) < 4.78 is 33.8. The van der Waals surface area contributed by atoms with Gasteiger partial charge in [-0.3, -0.25) is 9.59 Å². The highest BCUT2D eigenvalue weighted by Gasteiger charge is 2.49. The summed E-state index contributed by atoms with van der Waals surface area (Å²) in [5.41, 5.74) is 1.14. The third kappa shape index (κ3) is 13.5. The van der Waals surface area contributed by atoms with Gasteiger partial charge in [0.15, 0.2) is 0 Å². The molecule has 1 heterocycles. The molecule has 0 saturated carbocycles. The van der Waals surface area contributed by atoms with E-state index >= 15 is 0 Å². The van der Waals surface area contributed by atoms with Gasteiger partial charge in [-0.2, -0.15) is 5.26 Å². The Morgan fingerprint density at radius 1 is 0.800 bits per heavy atom. The van der Waals surface area contributed by atoms with E-state index in [0.29, 0.717) is 38.9 Å². The molecule has 1 saturated heterocycles. The Hall–Kier alpha value is -4.48. The molecular weight excluding hydrogens is 776 g/mol. The normalized spacial score (nSPS) is 14.0. The number of terminal acetylenes is 1. The summed E-state index contributed by atoms with van der Waals surface area (Å²) in [6, 6.07) is 28.5. The smallest absolute Gasteiger partial charge is 0.259 e. The van der Waals surface area contributed by atoms with Gasteiger partial charge in [-0.15, -0.1) is 12.3 Å². The highest BCUT2D eigenvalue weighted by molar-refractivity contribution is 7.44. The molecule has 1 N–H and O–H groups in total. The van der Waals surface area contributed by atoms with Gasteiger partial charge in [0.25, 0.3) is 8.53 Å². The van der Waals surface area contributed by atoms with Crippen LogP contribution in [0.1, 0.15) is 102 Å². The van der Waals surface area contributed by atoms with Gasteiger partial charge < -0.3 is 33.5 Å². The third-order valence-corrected chi connectivity index (χ3v) is 12.7. The number of benzene rings is 3. The number of nitrogens with one attached hydrogen (secondary N) is 1. The zero-order chi connectivity index (χ0) is 43.4. The van der Waals surface area contributed by atoms with Crippen LogP contribution >= 0.6 is 8.53 Å². The fourth-order valence-electron chi connectivity index (χ4n) is 7.57. The number of hydrogen-bond acceptors (Lipinski definition) is 9. The van der Waals surface area contributed by atoms with Crippen molar-refractivity contribution in [2.45, 2.75) is 103 Å². The lowest BCUT2D eigenvalue weighted by Crippen LogP contribution is -2.63. The second-order valence-corrected chi connectivity index (χ2v) is 17.4. The monoisotopic (exact) mass is 840 g/mol. The summed E-state index contributed by atoms with van der Waals surface area (Å²) in [7, 11) is 1.77. The van der Waals surface area contributed by atoms with Crippen molar-refractivity contribution < 1.29 is 32.8 Å². The lowest BCUT2D eigenvalue weighted by Gasteiger charge is -2.52. The fourth-order valence-corrected chi connectivity index (χ4v) is 9.30. The molecule has 60 heavy (non-hydrogen) atoms. The van der Waals surface area contributed by atoms with E-state index in [9.17, 15) is 14.9 Å². The van der Waals surface area contributed by atoms with Crippen LogP contribution in [0.5, 0.6) is 11.5 Å². The van der Waals surface area contributed by atoms with Gasteiger partial charge in [-0.1, -0.05) is 61.0 Å². The number of rotatable bonds is 27. The van der Waals surface area contributed by atoms with Crippen molar-refractivity contribution in [1.82, 2.24) is 14.9 Å². The van der Waals surface area contributed by atoms with Crippen LogP contribution in [-0.2, 0) is 29.0 Å². The Labute approximate surface area is 360 Å². The second-order valence-electron chi connectivity index (χ2n) is 15.9. The number of carbonyl (C=O) groups is 2. The molecule has 1 fully saturated rings. The first kappa shape index (κ1) is 48.2. The molecule has 0 bridgehead atoms. The Bertz CT molecular complexity index is 1760. The Balaban J connectivity index is 1.59. The van der Waals surface area contributed by atoms with E-state index < -0.39 is 19.5 Å². The van der Waals surface area contributed by atoms with Crippen LogP contribution in [0.25, 0.3) is 0 Å². The topological polar surface area (TPSA) is 123 Å². The first-order valence-electron chi connectivity index (χ1n) is 21.2. The number of nitrogens with zero attached hydrogens (tertiary/aromatic N) is 3. The van der Waals surface area contributed by atoms with Crippen molar-refractivity contribution in [3.8, 4) is 29.9 Å². The van der Waals surface area contributed by atoms with Gasteiger partial charge in [0.1, 0.15) is 17.1 Å². The molecule has 1 aliphatic heterocycles. The SMILES string of the molecule is C#CCCCCC(=O)NCCCCCC(=O)N1CC(COP(OCCC#N)N(C(C)C)C(C)C)(COC(c2ccccc2)(c2ccc(OC)cc2)c2ccc(OC)cc2)C1. The van der Waals surface area contributed by atoms with E-state index in [4.69, 9.17) is 29.7 Å². The van der Waals surface area contributed by atoms with Crippen LogP contribution in [0.2, 0.25) is 0 Å². The minimum atomic E-state index is -1.53. The Kier molecular flexibility index (Phi) is 19.8. The molecule has 4 rings (SSSR count). The summed E-state index contributed by atoms with van der Waals surface area (Å²) in [5.74, 6) is 4.20. The molecule has 1 atom stereocenters. The first-order chi connectivity index (χ1) is 29.0. The number of methoxy groups -OCH3 is 2. The van der Waals surface area contributed by atoms with Gasteiger partial charge >= 0.3 is 0 Å². The van der Waals surface area contributed by atoms with Crippen molar-refractivity contribution >= 4 is 20.3 Å². The maximum atomic E-state index is 13.7. The molecule has 3 aromatic rings. The molecule has 0 radical (unpaired) electrons. The maximum Gasteiger partial charge on any atom is 0.259 e. The van der Waals surface area contributed by atoms with Gasteiger partial charge in [-0.25, -0.2) is 4.67 Å². The number of hydrogen-bond donors (Lipinski definition) is 1. The van der Waals surface area contributed by atoms with E-state index in [2.05, 4.69) is 61.8 Å². The van der Waals surface area contributed by atoms with E-state index in [1.807, 2.05) is 71.6 Å². The number of ether oxygens (including phenoxy) is 3. The second kappa shape index (κ2) is 24.7. The minimum Gasteiger partial charge on any atom is -0.497 e. The molecule has 324 valence electrons. The van der Waals surface area contributed by atoms with Gasteiger partial charge in [0.2, 0.25) is 11.8 Å². The number of likely N-dealkylation sites (tertiary alicyclic amines) is 1. The number of unbranched alkanes of at least 4 members (excludes halogenated alkanes) is 4. The molecule has 12 heteroatoms. The van der Waals surface area contributed by atoms with Crippen molar-refractivity contribution in [2.24, 2.45) is 5.41 Å². The molecule has 1 unspecified atom stereocenters. The van der Waals surface area contributed by atoms with E-state index in [-0.39, 0.29) is 50.1 Å². The average molecular weight is 841 g/mol. The summed E-state index contributed by atoms with van der Waals surface area (Å²) in [5, 5.41) is 12.3. The summed E-state index contributed by atoms with van der Waals surface area (Å²) in [6.07, 6.45) is 11.2. The third-order valence-electron chi connectivity index (χ3n) is 10.7. The molecular formula is C48H65N4O7P. The zero-order valence-corrected chi connectivity index (χ0v) is 37.4. The predicted molar refractivity (Wildman–Crippen MR) is 237 cm³/mol. The van der Waals surface area contributed by atoms with E-state index in [1.54, 1.807) is 14.2 Å². The molecule has 0 aliphatic carbocycles. The van der Waals surface area contributed by atoms with Crippen LogP contribution in [0.15, 0.2) is 78.9 Å². The molecule has 11 nitrogen and oxygen atoms in total. The minimum absolute atomic E-state index is 0.0451. The summed E-state index contributed by atoms with van der Waals surface area (Å²) >= 11 is 0. The lowest BCUT2D eigenvalue weighted by molar-refractivity contribution is -0.157. The highest BCUT2D eigenvalue weighted by atomic mass is 31.2. The molecule has 3 aromatic carbocycles. The van der Waals surface area contributed by atoms with Gasteiger partial charge in [0, 0.05) is 51.0 Å². The molecule has 1 aliphatic rings. The standard InChI is InChI=1S/C48H65N4O7P/c1-8-9-10-15-21-45(53)50-32-17-12-16-22-46(54)51-34-47(35-51,37-59-60(58-33-18-31-49)52(38(2)3)39(4)5)36-57-48(40-19-13-11-14-20-40,41-23-27-43(55-6)28-24-41)42-25-29-44(56-7)30-26-42/h1,11,13-14,19-20,23-30,38-39H,9-10,12,15-18,21-22,32-37H2,2-7H3,(H,50,53). The van der Waals surface area contributed by atoms with Crippen LogP contribution in [0.3, 0.4) is 0 Å². The number of amides is 2. The fraction of sp³-hybridized carbons (Fsp3) is 0.521.